The fourth-order valence-electron chi connectivity index (χ4n) is 2.53. The van der Waals surface area contributed by atoms with Gasteiger partial charge in [-0.15, -0.1) is 0 Å². The van der Waals surface area contributed by atoms with Crippen LogP contribution < -0.4 is 0 Å². The molecule has 0 saturated carbocycles. The molecule has 2 aromatic rings. The minimum absolute atomic E-state index is 0.0179. The number of hydrogen-bond donors (Lipinski definition) is 0. The Hall–Kier alpha value is -2.19. The predicted octanol–water partition coefficient (Wildman–Crippen LogP) is 1.88. The van der Waals surface area contributed by atoms with Crippen LogP contribution in [0.5, 0.6) is 0 Å². The lowest BCUT2D eigenvalue weighted by molar-refractivity contribution is -0.130. The summed E-state index contributed by atoms with van der Waals surface area (Å²) in [6.07, 6.45) is 0. The Morgan fingerprint density at radius 3 is 2.36 bits per heavy atom. The van der Waals surface area contributed by atoms with Gasteiger partial charge in [0.05, 0.1) is 6.54 Å². The highest BCUT2D eigenvalue weighted by Crippen LogP contribution is 2.22. The molecule has 1 aromatic heterocycles. The highest BCUT2D eigenvalue weighted by atomic mass is 32.2. The van der Waals surface area contributed by atoms with Crippen LogP contribution in [0.3, 0.4) is 0 Å². The summed E-state index contributed by atoms with van der Waals surface area (Å²) in [5.74, 6) is -0.0776. The molecule has 136 valence electrons. The minimum Gasteiger partial charge on any atom is -0.360 e. The van der Waals surface area contributed by atoms with E-state index >= 15 is 0 Å². The fourth-order valence-corrected chi connectivity index (χ4v) is 3.93. The number of amides is 1. The van der Waals surface area contributed by atoms with E-state index in [0.717, 1.165) is 15.4 Å². The van der Waals surface area contributed by atoms with Gasteiger partial charge in [0.1, 0.15) is 10.6 Å². The molecule has 0 saturated heterocycles. The minimum atomic E-state index is -3.84. The van der Waals surface area contributed by atoms with Gasteiger partial charge in [-0.2, -0.15) is 4.31 Å². The number of likely N-dealkylation sites (N-methyl/N-ethyl adjacent to an activating group) is 2. The van der Waals surface area contributed by atoms with E-state index < -0.39 is 10.0 Å². The number of carbonyl (C=O) groups is 1. The van der Waals surface area contributed by atoms with Gasteiger partial charge in [0.15, 0.2) is 5.76 Å². The van der Waals surface area contributed by atoms with Gasteiger partial charge in [-0.05, 0) is 31.9 Å². The highest BCUT2D eigenvalue weighted by Gasteiger charge is 2.30. The van der Waals surface area contributed by atoms with E-state index in [1.54, 1.807) is 14.0 Å². The summed E-state index contributed by atoms with van der Waals surface area (Å²) in [5, 5.41) is 3.67. The van der Waals surface area contributed by atoms with Crippen LogP contribution in [0.2, 0.25) is 0 Å². The molecule has 1 heterocycles. The van der Waals surface area contributed by atoms with Crippen LogP contribution in [-0.2, 0) is 21.4 Å². The molecule has 8 heteroatoms. The van der Waals surface area contributed by atoms with Crippen molar-refractivity contribution in [3.05, 3.63) is 46.8 Å². The molecule has 25 heavy (non-hydrogen) atoms. The molecule has 0 aliphatic carbocycles. The summed E-state index contributed by atoms with van der Waals surface area (Å²) in [6.45, 7) is 5.23. The highest BCUT2D eigenvalue weighted by molar-refractivity contribution is 7.89. The summed E-state index contributed by atoms with van der Waals surface area (Å²) in [7, 11) is -0.803. The molecule has 1 amide bonds. The van der Waals surface area contributed by atoms with Crippen molar-refractivity contribution < 1.29 is 17.7 Å². The van der Waals surface area contributed by atoms with Crippen LogP contribution in [-0.4, -0.2) is 49.3 Å². The molecule has 2 rings (SSSR count). The topological polar surface area (TPSA) is 83.7 Å². The van der Waals surface area contributed by atoms with E-state index in [4.69, 9.17) is 4.52 Å². The first-order valence-corrected chi connectivity index (χ1v) is 9.26. The molecule has 0 spiro atoms. The maximum absolute atomic E-state index is 12.7. The number of sulfonamides is 1. The molecule has 0 bridgehead atoms. The first-order chi connectivity index (χ1) is 11.6. The molecule has 0 fully saturated rings. The lowest BCUT2D eigenvalue weighted by Gasteiger charge is -2.22. The van der Waals surface area contributed by atoms with E-state index in [0.29, 0.717) is 6.54 Å². The Bertz CT molecular complexity index is 854. The number of nitrogens with zero attached hydrogens (tertiary/aromatic N) is 3. The first-order valence-electron chi connectivity index (χ1n) is 7.82. The molecule has 0 aliphatic rings. The van der Waals surface area contributed by atoms with Gasteiger partial charge in [-0.25, -0.2) is 8.42 Å². The predicted molar refractivity (Wildman–Crippen MR) is 93.4 cm³/mol. The number of aromatic nitrogens is 1. The largest absolute Gasteiger partial charge is 0.360 e. The van der Waals surface area contributed by atoms with Gasteiger partial charge < -0.3 is 9.42 Å². The Balaban J connectivity index is 2.10. The smallest absolute Gasteiger partial charge is 0.248 e. The normalized spacial score (nSPS) is 11.8. The van der Waals surface area contributed by atoms with Gasteiger partial charge in [0.25, 0.3) is 0 Å². The average Bonchev–Trinajstić information content (AvgIpc) is 2.88. The molecular formula is C17H23N3O4S. The molecule has 0 N–H and O–H groups in total. The van der Waals surface area contributed by atoms with E-state index in [-0.39, 0.29) is 28.8 Å². The Morgan fingerprint density at radius 2 is 1.80 bits per heavy atom. The van der Waals surface area contributed by atoms with Crippen molar-refractivity contribution in [2.24, 2.45) is 0 Å². The van der Waals surface area contributed by atoms with Crippen LogP contribution in [0.25, 0.3) is 0 Å². The zero-order chi connectivity index (χ0) is 18.8. The summed E-state index contributed by atoms with van der Waals surface area (Å²) < 4.78 is 31.3. The van der Waals surface area contributed by atoms with Crippen LogP contribution in [0.4, 0.5) is 0 Å². The third-order valence-electron chi connectivity index (χ3n) is 4.09. The quantitative estimate of drug-likeness (QED) is 0.780. The summed E-state index contributed by atoms with van der Waals surface area (Å²) >= 11 is 0. The van der Waals surface area contributed by atoms with Gasteiger partial charge >= 0.3 is 0 Å². The van der Waals surface area contributed by atoms with E-state index in [1.165, 1.54) is 18.9 Å². The zero-order valence-corrected chi connectivity index (χ0v) is 15.9. The van der Waals surface area contributed by atoms with Crippen molar-refractivity contribution in [1.82, 2.24) is 14.4 Å². The van der Waals surface area contributed by atoms with Crippen LogP contribution in [0.1, 0.15) is 22.6 Å². The van der Waals surface area contributed by atoms with Crippen LogP contribution in [0.15, 0.2) is 33.7 Å². The maximum atomic E-state index is 12.7. The molecule has 7 nitrogen and oxygen atoms in total. The Labute approximate surface area is 148 Å². The maximum Gasteiger partial charge on any atom is 0.248 e. The van der Waals surface area contributed by atoms with Gasteiger partial charge in [-0.1, -0.05) is 29.4 Å². The number of aryl methyl sites for hydroxylation is 3. The summed E-state index contributed by atoms with van der Waals surface area (Å²) in [4.78, 5) is 14.0. The van der Waals surface area contributed by atoms with E-state index in [9.17, 15) is 13.2 Å². The van der Waals surface area contributed by atoms with Crippen LogP contribution >= 0.6 is 0 Å². The lowest BCUT2D eigenvalue weighted by atomic mass is 10.1. The lowest BCUT2D eigenvalue weighted by Crippen LogP contribution is -2.39. The van der Waals surface area contributed by atoms with Gasteiger partial charge in [0.2, 0.25) is 15.9 Å². The van der Waals surface area contributed by atoms with Crippen molar-refractivity contribution in [2.75, 3.05) is 20.6 Å². The Kier molecular flexibility index (Phi) is 5.64. The van der Waals surface area contributed by atoms with E-state index in [1.807, 2.05) is 31.2 Å². The second kappa shape index (κ2) is 7.37. The summed E-state index contributed by atoms with van der Waals surface area (Å²) in [6, 6.07) is 7.77. The molecule has 1 aromatic carbocycles. The van der Waals surface area contributed by atoms with Crippen molar-refractivity contribution >= 4 is 15.9 Å². The number of rotatable bonds is 6. The molecule has 0 aliphatic heterocycles. The van der Waals surface area contributed by atoms with Crippen molar-refractivity contribution in [2.45, 2.75) is 32.2 Å². The third-order valence-corrected chi connectivity index (χ3v) is 6.14. The average molecular weight is 365 g/mol. The third kappa shape index (κ3) is 4.08. The monoisotopic (exact) mass is 365 g/mol. The van der Waals surface area contributed by atoms with Gasteiger partial charge in [-0.3, -0.25) is 4.79 Å². The molecule has 0 atom stereocenters. The fraction of sp³-hybridized carbons (Fsp3) is 0.412. The SMILES string of the molecule is Cc1ccccc1CN(C)C(=O)CN(C)S(=O)(=O)c1c(C)noc1C. The van der Waals surface area contributed by atoms with Gasteiger partial charge in [0, 0.05) is 20.6 Å². The standard InChI is InChI=1S/C17H23N3O4S/c1-12-8-6-7-9-15(12)10-19(4)16(21)11-20(5)25(22,23)17-13(2)18-24-14(17)3/h6-9H,10-11H2,1-5H3. The summed E-state index contributed by atoms with van der Waals surface area (Å²) in [5.41, 5.74) is 2.39. The van der Waals surface area contributed by atoms with Crippen LogP contribution in [0, 0.1) is 20.8 Å². The number of benzene rings is 1. The molecular weight excluding hydrogens is 342 g/mol. The molecule has 0 unspecified atom stereocenters. The van der Waals surface area contributed by atoms with Crippen molar-refractivity contribution in [1.29, 1.82) is 0 Å². The van der Waals surface area contributed by atoms with Crippen molar-refractivity contribution in [3.63, 3.8) is 0 Å². The second-order valence-corrected chi connectivity index (χ2v) is 8.07. The number of carbonyl (C=O) groups excluding carboxylic acids is 1. The molecule has 0 radical (unpaired) electrons. The number of hydrogen-bond acceptors (Lipinski definition) is 5. The Morgan fingerprint density at radius 1 is 1.16 bits per heavy atom. The first kappa shape index (κ1) is 19.1. The van der Waals surface area contributed by atoms with Crippen molar-refractivity contribution in [3.8, 4) is 0 Å². The van der Waals surface area contributed by atoms with E-state index in [2.05, 4.69) is 5.16 Å². The second-order valence-electron chi connectivity index (χ2n) is 6.09. The zero-order valence-electron chi connectivity index (χ0n) is 15.1.